The summed E-state index contributed by atoms with van der Waals surface area (Å²) in [6.45, 7) is 4.37. The first-order valence-electron chi connectivity index (χ1n) is 4.67. The molecule has 1 nitrogen and oxygen atoms in total. The van der Waals surface area contributed by atoms with Crippen molar-refractivity contribution >= 4 is 5.57 Å². The molecule has 1 aliphatic carbocycles. The van der Waals surface area contributed by atoms with Gasteiger partial charge >= 0.3 is 0 Å². The third kappa shape index (κ3) is 1.59. The molecule has 1 aromatic carbocycles. The highest BCUT2D eigenvalue weighted by Gasteiger charge is 2.26. The van der Waals surface area contributed by atoms with Crippen LogP contribution in [0.2, 0.25) is 0 Å². The predicted molar refractivity (Wildman–Crippen MR) is 54.5 cm³/mol. The molecule has 0 heterocycles. The summed E-state index contributed by atoms with van der Waals surface area (Å²) in [7, 11) is 0. The summed E-state index contributed by atoms with van der Waals surface area (Å²) in [6.07, 6.45) is 1.22. The van der Waals surface area contributed by atoms with Crippen molar-refractivity contribution in [3.05, 3.63) is 35.4 Å². The standard InChI is InChI=1S/C12H14O/c1-8-6-12(8)9(2)10-4-3-5-11(13)7-10/h3-5,7-8,13H,6H2,1-2H3/b12-9-/t8-/m1/s1. The molecule has 1 heteroatoms. The number of phenols is 1. The number of rotatable bonds is 1. The molecule has 1 aromatic rings. The maximum atomic E-state index is 9.31. The minimum Gasteiger partial charge on any atom is -0.508 e. The number of hydrogen-bond acceptors (Lipinski definition) is 1. The van der Waals surface area contributed by atoms with Crippen molar-refractivity contribution in [1.29, 1.82) is 0 Å². The Kier molecular flexibility index (Phi) is 1.87. The topological polar surface area (TPSA) is 20.2 Å². The van der Waals surface area contributed by atoms with E-state index in [0.29, 0.717) is 5.75 Å². The fraction of sp³-hybridized carbons (Fsp3) is 0.333. The molecule has 0 aromatic heterocycles. The molecule has 1 atom stereocenters. The van der Waals surface area contributed by atoms with Crippen molar-refractivity contribution in [2.45, 2.75) is 20.3 Å². The minimum absolute atomic E-state index is 0.353. The van der Waals surface area contributed by atoms with Crippen LogP contribution in [0.1, 0.15) is 25.8 Å². The van der Waals surface area contributed by atoms with Crippen LogP contribution in [0, 0.1) is 5.92 Å². The monoisotopic (exact) mass is 174 g/mol. The van der Waals surface area contributed by atoms with E-state index in [0.717, 1.165) is 11.5 Å². The quantitative estimate of drug-likeness (QED) is 0.693. The molecule has 68 valence electrons. The van der Waals surface area contributed by atoms with E-state index in [4.69, 9.17) is 0 Å². The third-order valence-corrected chi connectivity index (χ3v) is 2.72. The molecule has 0 aliphatic heterocycles. The van der Waals surface area contributed by atoms with Gasteiger partial charge in [0.15, 0.2) is 0 Å². The molecule has 1 aliphatic rings. The zero-order valence-electron chi connectivity index (χ0n) is 8.04. The molecule has 2 rings (SSSR count). The van der Waals surface area contributed by atoms with E-state index in [2.05, 4.69) is 13.8 Å². The summed E-state index contributed by atoms with van der Waals surface area (Å²) < 4.78 is 0. The normalized spacial score (nSPS) is 24.3. The Hall–Kier alpha value is -1.24. The molecule has 1 fully saturated rings. The molecule has 0 saturated heterocycles. The maximum absolute atomic E-state index is 9.31. The maximum Gasteiger partial charge on any atom is 0.116 e. The smallest absolute Gasteiger partial charge is 0.116 e. The highest BCUT2D eigenvalue weighted by Crippen LogP contribution is 2.42. The van der Waals surface area contributed by atoms with Crippen molar-refractivity contribution in [3.8, 4) is 5.75 Å². The van der Waals surface area contributed by atoms with E-state index >= 15 is 0 Å². The Morgan fingerprint density at radius 2 is 2.15 bits per heavy atom. The largest absolute Gasteiger partial charge is 0.508 e. The fourth-order valence-corrected chi connectivity index (χ4v) is 1.72. The van der Waals surface area contributed by atoms with E-state index in [1.807, 2.05) is 18.2 Å². The van der Waals surface area contributed by atoms with Gasteiger partial charge in [-0.1, -0.05) is 24.6 Å². The zero-order chi connectivity index (χ0) is 9.42. The van der Waals surface area contributed by atoms with Gasteiger partial charge in [-0.2, -0.15) is 0 Å². The first-order valence-corrected chi connectivity index (χ1v) is 4.67. The van der Waals surface area contributed by atoms with E-state index in [9.17, 15) is 5.11 Å². The van der Waals surface area contributed by atoms with E-state index in [1.54, 1.807) is 6.07 Å². The van der Waals surface area contributed by atoms with Gasteiger partial charge in [0.2, 0.25) is 0 Å². The Morgan fingerprint density at radius 1 is 1.46 bits per heavy atom. The second kappa shape index (κ2) is 2.91. The number of benzene rings is 1. The van der Waals surface area contributed by atoms with Crippen LogP contribution in [0.15, 0.2) is 29.8 Å². The van der Waals surface area contributed by atoms with Crippen molar-refractivity contribution < 1.29 is 5.11 Å². The molecule has 0 radical (unpaired) electrons. The van der Waals surface area contributed by atoms with Gasteiger partial charge in [0.05, 0.1) is 0 Å². The van der Waals surface area contributed by atoms with E-state index in [-0.39, 0.29) is 0 Å². The van der Waals surface area contributed by atoms with Crippen LogP contribution in [-0.2, 0) is 0 Å². The summed E-state index contributed by atoms with van der Waals surface area (Å²) in [6, 6.07) is 7.47. The van der Waals surface area contributed by atoms with Crippen LogP contribution in [0.25, 0.3) is 5.57 Å². The summed E-state index contributed by atoms with van der Waals surface area (Å²) in [4.78, 5) is 0. The van der Waals surface area contributed by atoms with Gasteiger partial charge in [0.1, 0.15) is 5.75 Å². The van der Waals surface area contributed by atoms with Crippen LogP contribution < -0.4 is 0 Å². The zero-order valence-corrected chi connectivity index (χ0v) is 8.04. The molecule has 0 bridgehead atoms. The summed E-state index contributed by atoms with van der Waals surface area (Å²) in [5.41, 5.74) is 4.02. The predicted octanol–water partition coefficient (Wildman–Crippen LogP) is 3.21. The Labute approximate surface area is 78.7 Å². The molecule has 1 saturated carbocycles. The number of aromatic hydroxyl groups is 1. The molecule has 0 spiro atoms. The van der Waals surface area contributed by atoms with Crippen LogP contribution in [-0.4, -0.2) is 5.11 Å². The van der Waals surface area contributed by atoms with Gasteiger partial charge in [0.25, 0.3) is 0 Å². The van der Waals surface area contributed by atoms with E-state index < -0.39 is 0 Å². The van der Waals surface area contributed by atoms with Gasteiger partial charge < -0.3 is 5.11 Å². The lowest BCUT2D eigenvalue weighted by Crippen LogP contribution is -1.78. The van der Waals surface area contributed by atoms with Gasteiger partial charge in [-0.15, -0.1) is 0 Å². The molecule has 0 unspecified atom stereocenters. The van der Waals surface area contributed by atoms with Crippen molar-refractivity contribution in [1.82, 2.24) is 0 Å². The van der Waals surface area contributed by atoms with Gasteiger partial charge in [0, 0.05) is 0 Å². The lowest BCUT2D eigenvalue weighted by atomic mass is 10.1. The second-order valence-electron chi connectivity index (χ2n) is 3.81. The van der Waals surface area contributed by atoms with Gasteiger partial charge in [-0.25, -0.2) is 0 Å². The molecule has 13 heavy (non-hydrogen) atoms. The first kappa shape index (κ1) is 8.36. The highest BCUT2D eigenvalue weighted by molar-refractivity contribution is 5.71. The average Bonchev–Trinajstić information content (AvgIpc) is 2.81. The number of phenolic OH excluding ortho intramolecular Hbond substituents is 1. The Bertz CT molecular complexity index is 363. The van der Waals surface area contributed by atoms with Crippen molar-refractivity contribution in [2.24, 2.45) is 5.92 Å². The third-order valence-electron chi connectivity index (χ3n) is 2.72. The van der Waals surface area contributed by atoms with Gasteiger partial charge in [-0.3, -0.25) is 0 Å². The summed E-state index contributed by atoms with van der Waals surface area (Å²) >= 11 is 0. The molecular weight excluding hydrogens is 160 g/mol. The highest BCUT2D eigenvalue weighted by atomic mass is 16.3. The fourth-order valence-electron chi connectivity index (χ4n) is 1.72. The van der Waals surface area contributed by atoms with Crippen LogP contribution in [0.5, 0.6) is 5.75 Å². The lowest BCUT2D eigenvalue weighted by molar-refractivity contribution is 0.475. The van der Waals surface area contributed by atoms with Crippen LogP contribution >= 0.6 is 0 Å². The van der Waals surface area contributed by atoms with Crippen LogP contribution in [0.3, 0.4) is 0 Å². The Morgan fingerprint density at radius 3 is 2.69 bits per heavy atom. The SMILES string of the molecule is C/C(=C1\C[C@H]1C)c1cccc(O)c1. The number of allylic oxidation sites excluding steroid dienone is 2. The molecule has 1 N–H and O–H groups in total. The summed E-state index contributed by atoms with van der Waals surface area (Å²) in [5.74, 6) is 1.10. The minimum atomic E-state index is 0.353. The molecule has 0 amide bonds. The first-order chi connectivity index (χ1) is 6.18. The van der Waals surface area contributed by atoms with E-state index in [1.165, 1.54) is 17.6 Å². The van der Waals surface area contributed by atoms with Crippen molar-refractivity contribution in [2.75, 3.05) is 0 Å². The average molecular weight is 174 g/mol. The Balaban J connectivity index is 2.36. The molecular formula is C12H14O. The number of hydrogen-bond donors (Lipinski definition) is 1. The second-order valence-corrected chi connectivity index (χ2v) is 3.81. The van der Waals surface area contributed by atoms with Crippen molar-refractivity contribution in [3.63, 3.8) is 0 Å². The lowest BCUT2D eigenvalue weighted by Gasteiger charge is -2.01. The van der Waals surface area contributed by atoms with Crippen LogP contribution in [0.4, 0.5) is 0 Å². The van der Waals surface area contributed by atoms with Gasteiger partial charge in [-0.05, 0) is 42.5 Å². The summed E-state index contributed by atoms with van der Waals surface area (Å²) in [5, 5.41) is 9.31.